The van der Waals surface area contributed by atoms with Crippen LogP contribution in [0, 0.1) is 6.92 Å². The fraction of sp³-hybridized carbons (Fsp3) is 0.318. The summed E-state index contributed by atoms with van der Waals surface area (Å²) in [6, 6.07) is 10.3. The van der Waals surface area contributed by atoms with E-state index in [1.807, 2.05) is 19.1 Å². The summed E-state index contributed by atoms with van der Waals surface area (Å²) >= 11 is 7.04. The first-order chi connectivity index (χ1) is 15.6. The average Bonchev–Trinajstić information content (AvgIpc) is 3.10. The fourth-order valence-electron chi connectivity index (χ4n) is 3.03. The molecule has 0 bridgehead atoms. The number of thioether (sulfide) groups is 1. The van der Waals surface area contributed by atoms with Crippen LogP contribution in [-0.2, 0) is 24.4 Å². The van der Waals surface area contributed by atoms with Crippen LogP contribution in [0.1, 0.15) is 23.4 Å². The maximum absolute atomic E-state index is 13.1. The quantitative estimate of drug-likeness (QED) is 0.310. The molecular formula is C22H22ClF3N4O2S. The van der Waals surface area contributed by atoms with Crippen LogP contribution in [0.3, 0.4) is 0 Å². The second-order valence-corrected chi connectivity index (χ2v) is 8.58. The third kappa shape index (κ3) is 6.88. The van der Waals surface area contributed by atoms with E-state index in [4.69, 9.17) is 16.3 Å². The summed E-state index contributed by atoms with van der Waals surface area (Å²) in [4.78, 5) is 12.2. The van der Waals surface area contributed by atoms with E-state index in [1.54, 1.807) is 17.7 Å². The third-order valence-electron chi connectivity index (χ3n) is 4.70. The van der Waals surface area contributed by atoms with E-state index in [2.05, 4.69) is 15.5 Å². The number of aromatic nitrogens is 3. The van der Waals surface area contributed by atoms with Crippen LogP contribution in [0.4, 0.5) is 18.9 Å². The number of alkyl halides is 3. The van der Waals surface area contributed by atoms with Crippen molar-refractivity contribution in [3.63, 3.8) is 0 Å². The summed E-state index contributed by atoms with van der Waals surface area (Å²) in [5, 5.41) is 11.7. The number of hydrogen-bond donors (Lipinski definition) is 1. The Kier molecular flexibility index (Phi) is 8.25. The SMILES string of the molecule is Cc1cc(Cl)ccc1OCCCc1nnc(SCC(=O)Nc2ccccc2C(F)(F)F)n1C. The predicted molar refractivity (Wildman–Crippen MR) is 122 cm³/mol. The highest BCUT2D eigenvalue weighted by molar-refractivity contribution is 7.99. The number of carbonyl (C=O) groups is 1. The van der Waals surface area contributed by atoms with Gasteiger partial charge in [0.15, 0.2) is 5.16 Å². The first kappa shape index (κ1) is 24.9. The van der Waals surface area contributed by atoms with Gasteiger partial charge < -0.3 is 14.6 Å². The fourth-order valence-corrected chi connectivity index (χ4v) is 3.99. The molecule has 2 aromatic carbocycles. The van der Waals surface area contributed by atoms with Gasteiger partial charge in [0.1, 0.15) is 11.6 Å². The Morgan fingerprint density at radius 1 is 1.21 bits per heavy atom. The molecule has 1 amide bonds. The topological polar surface area (TPSA) is 69.0 Å². The second kappa shape index (κ2) is 10.9. The summed E-state index contributed by atoms with van der Waals surface area (Å²) in [5.74, 6) is 0.827. The largest absolute Gasteiger partial charge is 0.493 e. The smallest absolute Gasteiger partial charge is 0.418 e. The minimum absolute atomic E-state index is 0.100. The maximum atomic E-state index is 13.1. The molecule has 0 saturated carbocycles. The zero-order valence-corrected chi connectivity index (χ0v) is 19.5. The van der Waals surface area contributed by atoms with Crippen LogP contribution in [0.2, 0.25) is 5.02 Å². The Morgan fingerprint density at radius 3 is 2.70 bits per heavy atom. The van der Waals surface area contributed by atoms with Crippen molar-refractivity contribution in [2.24, 2.45) is 7.05 Å². The molecule has 3 rings (SSSR count). The number of amides is 1. The van der Waals surface area contributed by atoms with Crippen LogP contribution < -0.4 is 10.1 Å². The molecule has 0 spiro atoms. The van der Waals surface area contributed by atoms with Gasteiger partial charge >= 0.3 is 6.18 Å². The maximum Gasteiger partial charge on any atom is 0.418 e. The molecule has 1 N–H and O–H groups in total. The molecule has 33 heavy (non-hydrogen) atoms. The molecule has 0 atom stereocenters. The van der Waals surface area contributed by atoms with Crippen LogP contribution in [-0.4, -0.2) is 33.0 Å². The molecule has 0 aliphatic heterocycles. The Bertz CT molecular complexity index is 1120. The number of hydrogen-bond acceptors (Lipinski definition) is 5. The summed E-state index contributed by atoms with van der Waals surface area (Å²) in [7, 11) is 1.78. The molecule has 6 nitrogen and oxygen atoms in total. The Labute approximate surface area is 198 Å². The number of anilines is 1. The van der Waals surface area contributed by atoms with Gasteiger partial charge in [0, 0.05) is 18.5 Å². The Morgan fingerprint density at radius 2 is 1.97 bits per heavy atom. The predicted octanol–water partition coefficient (Wildman–Crippen LogP) is 5.54. The monoisotopic (exact) mass is 498 g/mol. The Hall–Kier alpha value is -2.72. The molecule has 0 unspecified atom stereocenters. The molecule has 0 fully saturated rings. The number of aryl methyl sites for hydroxylation is 2. The van der Waals surface area contributed by atoms with Gasteiger partial charge in [0.05, 0.1) is 23.6 Å². The number of ether oxygens (including phenoxy) is 1. The van der Waals surface area contributed by atoms with Gasteiger partial charge in [-0.05, 0) is 49.2 Å². The standard InChI is InChI=1S/C22H22ClF3N4O2S/c1-14-12-15(23)9-10-18(14)32-11-5-8-19-28-29-21(30(19)2)33-13-20(31)27-17-7-4-3-6-16(17)22(24,25)26/h3-4,6-7,9-10,12H,5,8,11,13H2,1-2H3,(H,27,31). The van der Waals surface area contributed by atoms with Gasteiger partial charge in [0.2, 0.25) is 5.91 Å². The van der Waals surface area contributed by atoms with Crippen LogP contribution >= 0.6 is 23.4 Å². The normalized spacial score (nSPS) is 11.5. The van der Waals surface area contributed by atoms with E-state index in [1.165, 1.54) is 18.2 Å². The van der Waals surface area contributed by atoms with E-state index < -0.39 is 17.6 Å². The van der Waals surface area contributed by atoms with Crippen molar-refractivity contribution < 1.29 is 22.7 Å². The lowest BCUT2D eigenvalue weighted by molar-refractivity contribution is -0.137. The number of carbonyl (C=O) groups excluding carboxylic acids is 1. The summed E-state index contributed by atoms with van der Waals surface area (Å²) in [6.07, 6.45) is -3.24. The minimum atomic E-state index is -4.55. The molecule has 0 aliphatic carbocycles. The highest BCUT2D eigenvalue weighted by Gasteiger charge is 2.33. The van der Waals surface area contributed by atoms with Gasteiger partial charge in [-0.3, -0.25) is 4.79 Å². The van der Waals surface area contributed by atoms with Crippen molar-refractivity contribution in [2.45, 2.75) is 31.1 Å². The number of halogens is 4. The number of para-hydroxylation sites is 1. The number of benzene rings is 2. The lowest BCUT2D eigenvalue weighted by Crippen LogP contribution is -2.18. The number of rotatable bonds is 9. The third-order valence-corrected chi connectivity index (χ3v) is 5.96. The van der Waals surface area contributed by atoms with E-state index >= 15 is 0 Å². The molecule has 3 aromatic rings. The molecule has 1 aromatic heterocycles. The van der Waals surface area contributed by atoms with E-state index in [0.717, 1.165) is 35.0 Å². The molecule has 11 heteroatoms. The van der Waals surface area contributed by atoms with Crippen LogP contribution in [0.5, 0.6) is 5.75 Å². The summed E-state index contributed by atoms with van der Waals surface area (Å²) < 4.78 is 46.8. The summed E-state index contributed by atoms with van der Waals surface area (Å²) in [5.41, 5.74) is -0.207. The van der Waals surface area contributed by atoms with E-state index in [9.17, 15) is 18.0 Å². The molecule has 0 saturated heterocycles. The first-order valence-electron chi connectivity index (χ1n) is 10.0. The zero-order chi connectivity index (χ0) is 24.0. The molecular weight excluding hydrogens is 477 g/mol. The van der Waals surface area contributed by atoms with Crippen molar-refractivity contribution in [1.29, 1.82) is 0 Å². The number of nitrogens with one attached hydrogen (secondary N) is 1. The van der Waals surface area contributed by atoms with Gasteiger partial charge in [-0.1, -0.05) is 35.5 Å². The van der Waals surface area contributed by atoms with E-state index in [0.29, 0.717) is 29.6 Å². The minimum Gasteiger partial charge on any atom is -0.493 e. The van der Waals surface area contributed by atoms with Gasteiger partial charge in [0.25, 0.3) is 0 Å². The second-order valence-electron chi connectivity index (χ2n) is 7.20. The van der Waals surface area contributed by atoms with Gasteiger partial charge in [-0.25, -0.2) is 0 Å². The molecule has 0 radical (unpaired) electrons. The van der Waals surface area contributed by atoms with Crippen LogP contribution in [0.15, 0.2) is 47.6 Å². The zero-order valence-electron chi connectivity index (χ0n) is 17.9. The molecule has 176 valence electrons. The number of nitrogens with zero attached hydrogens (tertiary/aromatic N) is 3. The highest BCUT2D eigenvalue weighted by atomic mass is 35.5. The van der Waals surface area contributed by atoms with Crippen molar-refractivity contribution >= 4 is 35.0 Å². The van der Waals surface area contributed by atoms with Gasteiger partial charge in [-0.15, -0.1) is 10.2 Å². The lowest BCUT2D eigenvalue weighted by Gasteiger charge is -2.13. The van der Waals surface area contributed by atoms with Crippen molar-refractivity contribution in [3.8, 4) is 5.75 Å². The Balaban J connectivity index is 1.48. The molecule has 0 aliphatic rings. The first-order valence-corrected chi connectivity index (χ1v) is 11.4. The molecule has 1 heterocycles. The highest BCUT2D eigenvalue weighted by Crippen LogP contribution is 2.34. The van der Waals surface area contributed by atoms with E-state index in [-0.39, 0.29) is 11.4 Å². The van der Waals surface area contributed by atoms with Crippen molar-refractivity contribution in [2.75, 3.05) is 17.7 Å². The van der Waals surface area contributed by atoms with Crippen molar-refractivity contribution in [1.82, 2.24) is 14.8 Å². The summed E-state index contributed by atoms with van der Waals surface area (Å²) in [6.45, 7) is 2.41. The lowest BCUT2D eigenvalue weighted by atomic mass is 10.1. The van der Waals surface area contributed by atoms with Gasteiger partial charge in [-0.2, -0.15) is 13.2 Å². The van der Waals surface area contributed by atoms with Crippen molar-refractivity contribution in [3.05, 3.63) is 64.4 Å². The van der Waals surface area contributed by atoms with Crippen LogP contribution in [0.25, 0.3) is 0 Å². The average molecular weight is 499 g/mol.